The van der Waals surface area contributed by atoms with Gasteiger partial charge in [0.25, 0.3) is 0 Å². The van der Waals surface area contributed by atoms with Gasteiger partial charge in [-0.1, -0.05) is 18.2 Å². The van der Waals surface area contributed by atoms with Gasteiger partial charge in [-0.15, -0.1) is 0 Å². The van der Waals surface area contributed by atoms with Crippen LogP contribution in [-0.2, 0) is 9.53 Å². The largest absolute Gasteiger partial charge is 0.388 e. The highest BCUT2D eigenvalue weighted by Crippen LogP contribution is 2.42. The molecule has 29 heavy (non-hydrogen) atoms. The summed E-state index contributed by atoms with van der Waals surface area (Å²) in [6, 6.07) is 10.3. The number of nitrogens with zero attached hydrogens (tertiary/aromatic N) is 2. The Hall–Kier alpha value is -2.18. The van der Waals surface area contributed by atoms with Crippen LogP contribution in [0.4, 0.5) is 5.69 Å². The zero-order chi connectivity index (χ0) is 20.1. The first kappa shape index (κ1) is 18.8. The number of rotatable bonds is 3. The molecule has 6 nitrogen and oxygen atoms in total. The van der Waals surface area contributed by atoms with Gasteiger partial charge in [-0.3, -0.25) is 9.78 Å². The summed E-state index contributed by atoms with van der Waals surface area (Å²) in [5, 5.41) is 15.6. The Morgan fingerprint density at radius 2 is 1.97 bits per heavy atom. The molecule has 2 atom stereocenters. The van der Waals surface area contributed by atoms with E-state index < -0.39 is 17.2 Å². The summed E-state index contributed by atoms with van der Waals surface area (Å²) in [7, 11) is 0. The predicted molar refractivity (Wildman–Crippen MR) is 112 cm³/mol. The first-order chi connectivity index (χ1) is 14.0. The third kappa shape index (κ3) is 3.28. The summed E-state index contributed by atoms with van der Waals surface area (Å²) in [4.78, 5) is 19.2. The van der Waals surface area contributed by atoms with Gasteiger partial charge in [0.15, 0.2) is 0 Å². The van der Waals surface area contributed by atoms with E-state index in [1.807, 2.05) is 31.3 Å². The van der Waals surface area contributed by atoms with Gasteiger partial charge in [-0.2, -0.15) is 0 Å². The Labute approximate surface area is 171 Å². The molecular weight excluding hydrogens is 366 g/mol. The number of nitrogens with one attached hydrogen (secondary N) is 1. The molecule has 1 amide bonds. The van der Waals surface area contributed by atoms with Crippen molar-refractivity contribution in [2.45, 2.75) is 56.3 Å². The van der Waals surface area contributed by atoms with Crippen molar-refractivity contribution in [2.75, 3.05) is 24.6 Å². The van der Waals surface area contributed by atoms with E-state index in [9.17, 15) is 9.90 Å². The SMILES string of the molecule is C[C@@]1(NC(=O)C2CC2)CCOC2(CCN(c3ccnc4ccccc34)CC2)[C@H]1O. The maximum atomic E-state index is 12.4. The number of ether oxygens (including phenoxy) is 1. The Morgan fingerprint density at radius 1 is 1.21 bits per heavy atom. The van der Waals surface area contributed by atoms with E-state index in [0.29, 0.717) is 13.0 Å². The molecule has 3 aliphatic rings. The fraction of sp³-hybridized carbons (Fsp3) is 0.565. The molecule has 2 N–H and O–H groups in total. The smallest absolute Gasteiger partial charge is 0.223 e. The van der Waals surface area contributed by atoms with Gasteiger partial charge in [0, 0.05) is 42.9 Å². The second kappa shape index (κ2) is 6.96. The number of carbonyl (C=O) groups is 1. The van der Waals surface area contributed by atoms with E-state index in [4.69, 9.17) is 4.74 Å². The van der Waals surface area contributed by atoms with Crippen LogP contribution in [0.5, 0.6) is 0 Å². The lowest BCUT2D eigenvalue weighted by molar-refractivity contribution is -0.198. The lowest BCUT2D eigenvalue weighted by Gasteiger charge is -2.54. The third-order valence-electron chi connectivity index (χ3n) is 7.05. The van der Waals surface area contributed by atoms with Gasteiger partial charge in [-0.25, -0.2) is 0 Å². The molecule has 5 rings (SSSR count). The molecule has 6 heteroatoms. The van der Waals surface area contributed by atoms with Gasteiger partial charge in [0.2, 0.25) is 5.91 Å². The molecule has 3 fully saturated rings. The zero-order valence-corrected chi connectivity index (χ0v) is 16.9. The molecule has 1 aromatic carbocycles. The highest BCUT2D eigenvalue weighted by Gasteiger charge is 2.54. The van der Waals surface area contributed by atoms with Crippen LogP contribution in [0.3, 0.4) is 0 Å². The van der Waals surface area contributed by atoms with Gasteiger partial charge in [-0.05, 0) is 51.2 Å². The van der Waals surface area contributed by atoms with E-state index in [1.165, 1.54) is 5.69 Å². The summed E-state index contributed by atoms with van der Waals surface area (Å²) < 4.78 is 6.20. The molecule has 1 aliphatic carbocycles. The molecule has 2 saturated heterocycles. The molecule has 2 aromatic rings. The monoisotopic (exact) mass is 395 g/mol. The quantitative estimate of drug-likeness (QED) is 0.836. The van der Waals surface area contributed by atoms with Crippen molar-refractivity contribution in [3.63, 3.8) is 0 Å². The average Bonchev–Trinajstić information content (AvgIpc) is 3.58. The molecule has 3 heterocycles. The standard InChI is InChI=1S/C23H29N3O3/c1-22(25-20(27)16-6-7-16)11-15-29-23(21(22)28)9-13-26(14-10-23)19-8-12-24-18-5-3-2-4-17(18)19/h2-5,8,12,16,21,28H,6-7,9-11,13-15H2,1H3,(H,25,27)/t21-,22+/m0/s1. The minimum Gasteiger partial charge on any atom is -0.388 e. The van der Waals surface area contributed by atoms with Crippen molar-refractivity contribution in [3.8, 4) is 0 Å². The van der Waals surface area contributed by atoms with Crippen molar-refractivity contribution >= 4 is 22.5 Å². The van der Waals surface area contributed by atoms with Gasteiger partial charge in [0.1, 0.15) is 6.10 Å². The van der Waals surface area contributed by atoms with Gasteiger partial charge in [0.05, 0.1) is 16.7 Å². The van der Waals surface area contributed by atoms with Crippen molar-refractivity contribution in [3.05, 3.63) is 36.5 Å². The number of carbonyl (C=O) groups excluding carboxylic acids is 1. The fourth-order valence-corrected chi connectivity index (χ4v) is 5.02. The van der Waals surface area contributed by atoms with Gasteiger partial charge < -0.3 is 20.1 Å². The van der Waals surface area contributed by atoms with Crippen LogP contribution < -0.4 is 10.2 Å². The number of anilines is 1. The summed E-state index contributed by atoms with van der Waals surface area (Å²) in [5.74, 6) is 0.226. The molecule has 0 unspecified atom stereocenters. The number of fused-ring (bicyclic) bond motifs is 1. The van der Waals surface area contributed by atoms with Crippen LogP contribution in [-0.4, -0.2) is 52.9 Å². The topological polar surface area (TPSA) is 74.7 Å². The number of aliphatic hydroxyl groups is 1. The number of pyridine rings is 1. The molecule has 0 bridgehead atoms. The Kier molecular flexibility index (Phi) is 4.51. The average molecular weight is 396 g/mol. The van der Waals surface area contributed by atoms with E-state index in [-0.39, 0.29) is 11.8 Å². The second-order valence-corrected chi connectivity index (χ2v) is 9.08. The van der Waals surface area contributed by atoms with Crippen molar-refractivity contribution in [1.29, 1.82) is 0 Å². The summed E-state index contributed by atoms with van der Waals surface area (Å²) in [5.41, 5.74) is 0.960. The van der Waals surface area contributed by atoms with E-state index in [2.05, 4.69) is 27.3 Å². The number of hydrogen-bond donors (Lipinski definition) is 2. The number of piperidine rings is 1. The minimum absolute atomic E-state index is 0.0873. The van der Waals surface area contributed by atoms with Crippen LogP contribution in [0, 0.1) is 5.92 Å². The van der Waals surface area contributed by atoms with Gasteiger partial charge >= 0.3 is 0 Å². The molecule has 2 aliphatic heterocycles. The molecule has 1 spiro atoms. The fourth-order valence-electron chi connectivity index (χ4n) is 5.02. The van der Waals surface area contributed by atoms with Crippen molar-refractivity contribution in [1.82, 2.24) is 10.3 Å². The summed E-state index contributed by atoms with van der Waals surface area (Å²) in [6.45, 7) is 4.15. The lowest BCUT2D eigenvalue weighted by Crippen LogP contribution is -2.69. The maximum Gasteiger partial charge on any atom is 0.223 e. The molecule has 154 valence electrons. The van der Waals surface area contributed by atoms with Crippen LogP contribution >= 0.6 is 0 Å². The van der Waals surface area contributed by atoms with E-state index in [0.717, 1.165) is 49.7 Å². The van der Waals surface area contributed by atoms with Crippen LogP contribution in [0.1, 0.15) is 39.0 Å². The Balaban J connectivity index is 1.34. The third-order valence-corrected chi connectivity index (χ3v) is 7.05. The Bertz CT molecular complexity index is 915. The number of aromatic nitrogens is 1. The minimum atomic E-state index is -0.706. The highest BCUT2D eigenvalue weighted by molar-refractivity contribution is 5.91. The molecule has 1 saturated carbocycles. The molecular formula is C23H29N3O3. The van der Waals surface area contributed by atoms with E-state index >= 15 is 0 Å². The highest BCUT2D eigenvalue weighted by atomic mass is 16.5. The van der Waals surface area contributed by atoms with E-state index in [1.54, 1.807) is 0 Å². The number of amides is 1. The normalized spacial score (nSPS) is 29.2. The molecule has 1 aromatic heterocycles. The second-order valence-electron chi connectivity index (χ2n) is 9.08. The predicted octanol–water partition coefficient (Wildman–Crippen LogP) is 2.64. The zero-order valence-electron chi connectivity index (χ0n) is 16.9. The van der Waals surface area contributed by atoms with Crippen molar-refractivity contribution < 1.29 is 14.6 Å². The summed E-state index contributed by atoms with van der Waals surface area (Å²) >= 11 is 0. The first-order valence-electron chi connectivity index (χ1n) is 10.7. The van der Waals surface area contributed by atoms with Crippen LogP contribution in [0.15, 0.2) is 36.5 Å². The number of hydrogen-bond acceptors (Lipinski definition) is 5. The van der Waals surface area contributed by atoms with Crippen molar-refractivity contribution in [2.24, 2.45) is 5.92 Å². The van der Waals surface area contributed by atoms with Crippen LogP contribution in [0.25, 0.3) is 10.9 Å². The number of aliphatic hydroxyl groups excluding tert-OH is 1. The van der Waals surface area contributed by atoms with Crippen LogP contribution in [0.2, 0.25) is 0 Å². The maximum absolute atomic E-state index is 12.4. The number of benzene rings is 1. The molecule has 0 radical (unpaired) electrons. The first-order valence-corrected chi connectivity index (χ1v) is 10.7. The summed E-state index contributed by atoms with van der Waals surface area (Å²) in [6.07, 6.45) is 5.20. The lowest BCUT2D eigenvalue weighted by atomic mass is 9.73. The number of para-hydroxylation sites is 1. The Morgan fingerprint density at radius 3 is 2.72 bits per heavy atom.